The summed E-state index contributed by atoms with van der Waals surface area (Å²) in [5.74, 6) is -0.274. The Labute approximate surface area is 129 Å². The van der Waals surface area contributed by atoms with E-state index in [9.17, 15) is 9.18 Å². The summed E-state index contributed by atoms with van der Waals surface area (Å²) in [6, 6.07) is 6.45. The van der Waals surface area contributed by atoms with Crippen LogP contribution < -0.4 is 0 Å². The Morgan fingerprint density at radius 1 is 1.27 bits per heavy atom. The molecule has 2 aromatic rings. The maximum Gasteiger partial charge on any atom is 0.220 e. The number of amides is 1. The summed E-state index contributed by atoms with van der Waals surface area (Å²) < 4.78 is 13.9. The van der Waals surface area contributed by atoms with Crippen LogP contribution in [0.5, 0.6) is 0 Å². The minimum Gasteiger partial charge on any atom is -0.334 e. The van der Waals surface area contributed by atoms with Gasteiger partial charge in [0.1, 0.15) is 5.82 Å². The molecule has 0 N–H and O–H groups in total. The van der Waals surface area contributed by atoms with Crippen molar-refractivity contribution in [1.82, 2.24) is 14.9 Å². The second-order valence-corrected chi connectivity index (χ2v) is 5.53. The van der Waals surface area contributed by atoms with E-state index in [4.69, 9.17) is 0 Å². The van der Waals surface area contributed by atoms with Gasteiger partial charge in [0, 0.05) is 19.0 Å². The van der Waals surface area contributed by atoms with Gasteiger partial charge in [-0.05, 0) is 31.4 Å². The van der Waals surface area contributed by atoms with Gasteiger partial charge >= 0.3 is 0 Å². The first-order chi connectivity index (χ1) is 10.7. The van der Waals surface area contributed by atoms with Crippen LogP contribution in [-0.4, -0.2) is 27.3 Å². The predicted molar refractivity (Wildman–Crippen MR) is 81.4 cm³/mol. The molecule has 3 rings (SSSR count). The molecule has 1 aliphatic heterocycles. The summed E-state index contributed by atoms with van der Waals surface area (Å²) in [7, 11) is 0. The van der Waals surface area contributed by atoms with Crippen molar-refractivity contribution in [3.05, 3.63) is 48.2 Å². The minimum absolute atomic E-state index is 0.0443. The van der Waals surface area contributed by atoms with Gasteiger partial charge in [0.25, 0.3) is 0 Å². The van der Waals surface area contributed by atoms with Gasteiger partial charge in [-0.1, -0.05) is 12.1 Å². The zero-order chi connectivity index (χ0) is 15.5. The van der Waals surface area contributed by atoms with Crippen molar-refractivity contribution in [1.29, 1.82) is 0 Å². The molecule has 1 unspecified atom stereocenters. The molecule has 0 spiro atoms. The highest BCUT2D eigenvalue weighted by Crippen LogP contribution is 2.30. The van der Waals surface area contributed by atoms with Crippen molar-refractivity contribution in [2.75, 3.05) is 6.54 Å². The van der Waals surface area contributed by atoms with Gasteiger partial charge in [0.05, 0.1) is 29.8 Å². The monoisotopic (exact) mass is 299 g/mol. The van der Waals surface area contributed by atoms with Crippen LogP contribution in [0, 0.1) is 5.82 Å². The third-order valence-electron chi connectivity index (χ3n) is 4.05. The number of hydrogen-bond donors (Lipinski definition) is 0. The highest BCUT2D eigenvalue weighted by molar-refractivity contribution is 5.74. The van der Waals surface area contributed by atoms with Crippen LogP contribution in [0.1, 0.15) is 37.9 Å². The normalized spacial score (nSPS) is 18.3. The maximum absolute atomic E-state index is 13.9. The Hall–Kier alpha value is -2.30. The first kappa shape index (κ1) is 14.6. The fraction of sp³-hybridized carbons (Fsp3) is 0.353. The lowest BCUT2D eigenvalue weighted by Gasteiger charge is -2.34. The zero-order valence-electron chi connectivity index (χ0n) is 12.5. The molecular formula is C17H18FN3O. The third-order valence-corrected chi connectivity index (χ3v) is 4.05. The van der Waals surface area contributed by atoms with E-state index in [1.807, 2.05) is 4.90 Å². The molecule has 0 radical (unpaired) electrons. The van der Waals surface area contributed by atoms with Gasteiger partial charge in [0.2, 0.25) is 5.91 Å². The van der Waals surface area contributed by atoms with E-state index in [0.717, 1.165) is 31.5 Å². The van der Waals surface area contributed by atoms with Crippen LogP contribution in [0.4, 0.5) is 4.39 Å². The number of carbonyl (C=O) groups is 1. The van der Waals surface area contributed by atoms with E-state index in [2.05, 4.69) is 9.97 Å². The molecule has 5 heteroatoms. The van der Waals surface area contributed by atoms with Gasteiger partial charge in [0.15, 0.2) is 0 Å². The molecule has 0 saturated carbocycles. The lowest BCUT2D eigenvalue weighted by molar-refractivity contribution is -0.132. The Bertz CT molecular complexity index is 689. The van der Waals surface area contributed by atoms with Crippen LogP contribution >= 0.6 is 0 Å². The first-order valence-corrected chi connectivity index (χ1v) is 7.51. The highest BCUT2D eigenvalue weighted by atomic mass is 19.1. The number of rotatable bonds is 2. The smallest absolute Gasteiger partial charge is 0.220 e. The fourth-order valence-electron chi connectivity index (χ4n) is 2.96. The van der Waals surface area contributed by atoms with E-state index in [0.29, 0.717) is 11.3 Å². The number of hydrogen-bond acceptors (Lipinski definition) is 3. The minimum atomic E-state index is -0.319. The van der Waals surface area contributed by atoms with Crippen molar-refractivity contribution in [3.8, 4) is 11.3 Å². The molecule has 1 amide bonds. The van der Waals surface area contributed by atoms with Gasteiger partial charge in [-0.2, -0.15) is 0 Å². The summed E-state index contributed by atoms with van der Waals surface area (Å²) in [5, 5.41) is 0. The van der Waals surface area contributed by atoms with Crippen LogP contribution in [0.25, 0.3) is 11.3 Å². The van der Waals surface area contributed by atoms with Crippen LogP contribution in [0.15, 0.2) is 36.7 Å². The quantitative estimate of drug-likeness (QED) is 0.854. The van der Waals surface area contributed by atoms with E-state index in [1.54, 1.807) is 37.5 Å². The summed E-state index contributed by atoms with van der Waals surface area (Å²) >= 11 is 0. The standard InChI is InChI=1S/C17H18FN3O/c1-12(22)21-9-5-4-8-17(21)16-11-19-10-15(20-16)13-6-2-3-7-14(13)18/h2-3,6-7,10-11,17H,4-5,8-9H2,1H3. The van der Waals surface area contributed by atoms with Crippen molar-refractivity contribution >= 4 is 5.91 Å². The molecule has 1 atom stereocenters. The predicted octanol–water partition coefficient (Wildman–Crippen LogP) is 3.36. The zero-order valence-corrected chi connectivity index (χ0v) is 12.5. The Kier molecular flexibility index (Phi) is 4.13. The Morgan fingerprint density at radius 2 is 2.09 bits per heavy atom. The average Bonchev–Trinajstić information content (AvgIpc) is 2.55. The lowest BCUT2D eigenvalue weighted by Crippen LogP contribution is -2.37. The van der Waals surface area contributed by atoms with Gasteiger partial charge in [-0.15, -0.1) is 0 Å². The number of nitrogens with zero attached hydrogens (tertiary/aromatic N) is 3. The topological polar surface area (TPSA) is 46.1 Å². The summed E-state index contributed by atoms with van der Waals surface area (Å²) in [5.41, 5.74) is 1.67. The number of likely N-dealkylation sites (tertiary alicyclic amines) is 1. The SMILES string of the molecule is CC(=O)N1CCCCC1c1cncc(-c2ccccc2F)n1. The molecule has 114 valence electrons. The number of carbonyl (C=O) groups excluding carboxylic acids is 1. The van der Waals surface area contributed by atoms with Gasteiger partial charge in [-0.3, -0.25) is 9.78 Å². The number of piperidine rings is 1. The molecule has 22 heavy (non-hydrogen) atoms. The van der Waals surface area contributed by atoms with E-state index in [-0.39, 0.29) is 17.8 Å². The molecule has 1 fully saturated rings. The van der Waals surface area contributed by atoms with Crippen molar-refractivity contribution in [3.63, 3.8) is 0 Å². The number of halogens is 1. The van der Waals surface area contributed by atoms with E-state index in [1.165, 1.54) is 6.07 Å². The fourth-order valence-corrected chi connectivity index (χ4v) is 2.96. The molecule has 1 saturated heterocycles. The average molecular weight is 299 g/mol. The highest BCUT2D eigenvalue weighted by Gasteiger charge is 2.27. The molecule has 2 heterocycles. The summed E-state index contributed by atoms with van der Waals surface area (Å²) in [6.07, 6.45) is 6.17. The third kappa shape index (κ3) is 2.84. The molecule has 1 aliphatic rings. The molecule has 1 aromatic heterocycles. The largest absolute Gasteiger partial charge is 0.334 e. The molecule has 0 bridgehead atoms. The van der Waals surface area contributed by atoms with Crippen molar-refractivity contribution in [2.24, 2.45) is 0 Å². The van der Waals surface area contributed by atoms with Gasteiger partial charge in [-0.25, -0.2) is 9.37 Å². The first-order valence-electron chi connectivity index (χ1n) is 7.51. The molecule has 4 nitrogen and oxygen atoms in total. The van der Waals surface area contributed by atoms with Crippen LogP contribution in [0.2, 0.25) is 0 Å². The molecule has 1 aromatic carbocycles. The second-order valence-electron chi connectivity index (χ2n) is 5.53. The molecular weight excluding hydrogens is 281 g/mol. The van der Waals surface area contributed by atoms with Crippen LogP contribution in [-0.2, 0) is 4.79 Å². The molecule has 0 aliphatic carbocycles. The van der Waals surface area contributed by atoms with E-state index >= 15 is 0 Å². The summed E-state index contributed by atoms with van der Waals surface area (Å²) in [4.78, 5) is 22.4. The second kappa shape index (κ2) is 6.22. The number of benzene rings is 1. The van der Waals surface area contributed by atoms with Crippen molar-refractivity contribution in [2.45, 2.75) is 32.2 Å². The summed E-state index contributed by atoms with van der Waals surface area (Å²) in [6.45, 7) is 2.32. The Balaban J connectivity index is 1.97. The Morgan fingerprint density at radius 3 is 2.86 bits per heavy atom. The van der Waals surface area contributed by atoms with Crippen molar-refractivity contribution < 1.29 is 9.18 Å². The lowest BCUT2D eigenvalue weighted by atomic mass is 9.99. The number of aromatic nitrogens is 2. The van der Waals surface area contributed by atoms with E-state index < -0.39 is 0 Å². The maximum atomic E-state index is 13.9. The van der Waals surface area contributed by atoms with Crippen LogP contribution in [0.3, 0.4) is 0 Å². The van der Waals surface area contributed by atoms with Gasteiger partial charge < -0.3 is 4.90 Å².